The summed E-state index contributed by atoms with van der Waals surface area (Å²) in [6, 6.07) is 10.3. The Labute approximate surface area is 121 Å². The van der Waals surface area contributed by atoms with Crippen LogP contribution in [0.15, 0.2) is 30.3 Å². The van der Waals surface area contributed by atoms with Crippen LogP contribution in [0.4, 0.5) is 5.69 Å². The van der Waals surface area contributed by atoms with Crippen molar-refractivity contribution < 1.29 is 34.1 Å². The molecule has 0 amide bonds. The van der Waals surface area contributed by atoms with Crippen LogP contribution < -0.4 is 4.90 Å². The Morgan fingerprint density at radius 2 is 1.43 bits per heavy atom. The van der Waals surface area contributed by atoms with Crippen molar-refractivity contribution in [2.45, 2.75) is 12.2 Å². The first kappa shape index (κ1) is 17.0. The van der Waals surface area contributed by atoms with Crippen LogP contribution in [0.1, 0.15) is 0 Å². The SMILES string of the molecule is CN(C)c1ccccc1.O=C1OB(O)OC(=O)C(O)C1O. The van der Waals surface area contributed by atoms with Gasteiger partial charge in [-0.1, -0.05) is 18.2 Å². The normalized spacial score (nSPS) is 21.5. The number of hydrogen-bond donors (Lipinski definition) is 3. The highest BCUT2D eigenvalue weighted by Gasteiger charge is 2.42. The molecule has 9 heteroatoms. The lowest BCUT2D eigenvalue weighted by Gasteiger charge is -2.10. The highest BCUT2D eigenvalue weighted by molar-refractivity contribution is 6.41. The fraction of sp³-hybridized carbons (Fsp3) is 0.333. The Hall–Kier alpha value is -2.10. The van der Waals surface area contributed by atoms with Crippen molar-refractivity contribution in [1.29, 1.82) is 0 Å². The van der Waals surface area contributed by atoms with Crippen LogP contribution in [-0.4, -0.2) is 60.8 Å². The minimum atomic E-state index is -2.07. The van der Waals surface area contributed by atoms with E-state index in [0.717, 1.165) is 0 Å². The van der Waals surface area contributed by atoms with Crippen LogP contribution in [0.2, 0.25) is 0 Å². The van der Waals surface area contributed by atoms with E-state index in [2.05, 4.69) is 26.3 Å². The molecule has 0 spiro atoms. The van der Waals surface area contributed by atoms with E-state index in [1.807, 2.05) is 32.3 Å². The molecule has 0 saturated carbocycles. The maximum atomic E-state index is 10.6. The molecule has 0 aliphatic carbocycles. The standard InChI is InChI=1S/C8H11N.C4H5BO7/c1-9(2)8-6-4-3-5-7-8;6-1-2(7)4(9)12-5(10)11-3(1)8/h3-7H,1-2H3;1-2,6-7,10H. The van der Waals surface area contributed by atoms with Gasteiger partial charge in [0, 0.05) is 19.8 Å². The molecular weight excluding hydrogens is 281 g/mol. The molecule has 2 rings (SSSR count). The Morgan fingerprint density at radius 3 is 1.76 bits per heavy atom. The number of hydrogen-bond acceptors (Lipinski definition) is 8. The van der Waals surface area contributed by atoms with E-state index in [4.69, 9.17) is 15.2 Å². The second-order valence-corrected chi connectivity index (χ2v) is 4.30. The van der Waals surface area contributed by atoms with Crippen molar-refractivity contribution >= 4 is 24.9 Å². The molecule has 1 heterocycles. The van der Waals surface area contributed by atoms with Gasteiger partial charge in [-0.15, -0.1) is 0 Å². The van der Waals surface area contributed by atoms with Gasteiger partial charge in [0.1, 0.15) is 0 Å². The largest absolute Gasteiger partial charge is 0.789 e. The van der Waals surface area contributed by atoms with E-state index in [1.165, 1.54) is 5.69 Å². The van der Waals surface area contributed by atoms with Gasteiger partial charge in [-0.2, -0.15) is 0 Å². The summed E-state index contributed by atoms with van der Waals surface area (Å²) in [6.07, 6.45) is -4.04. The average Bonchev–Trinajstić information content (AvgIpc) is 2.53. The van der Waals surface area contributed by atoms with Gasteiger partial charge < -0.3 is 29.4 Å². The lowest BCUT2D eigenvalue weighted by molar-refractivity contribution is -0.156. The van der Waals surface area contributed by atoms with Gasteiger partial charge in [0.25, 0.3) is 0 Å². The molecule has 1 saturated heterocycles. The summed E-state index contributed by atoms with van der Waals surface area (Å²) in [5.41, 5.74) is 1.25. The molecule has 8 nitrogen and oxygen atoms in total. The predicted octanol–water partition coefficient (Wildman–Crippen LogP) is -1.46. The molecule has 2 unspecified atom stereocenters. The van der Waals surface area contributed by atoms with E-state index in [9.17, 15) is 9.59 Å². The van der Waals surface area contributed by atoms with Gasteiger partial charge in [-0.05, 0) is 12.1 Å². The maximum Gasteiger partial charge on any atom is 0.789 e. The number of aliphatic hydroxyl groups excluding tert-OH is 2. The Kier molecular flexibility index (Phi) is 6.16. The topological polar surface area (TPSA) is 117 Å². The fourth-order valence-electron chi connectivity index (χ4n) is 1.35. The van der Waals surface area contributed by atoms with Crippen LogP contribution in [0.5, 0.6) is 0 Å². The van der Waals surface area contributed by atoms with Crippen molar-refractivity contribution in [2.75, 3.05) is 19.0 Å². The minimum absolute atomic E-state index is 1.25. The summed E-state index contributed by atoms with van der Waals surface area (Å²) in [4.78, 5) is 23.2. The molecule has 0 radical (unpaired) electrons. The molecule has 0 aromatic heterocycles. The molecule has 3 N–H and O–H groups in total. The number of anilines is 1. The summed E-state index contributed by atoms with van der Waals surface area (Å²) < 4.78 is 7.86. The molecule has 1 aromatic carbocycles. The number of nitrogens with zero attached hydrogens (tertiary/aromatic N) is 1. The molecule has 1 aliphatic heterocycles. The molecular formula is C12H16BNO7. The zero-order chi connectivity index (χ0) is 16.0. The number of rotatable bonds is 1. The summed E-state index contributed by atoms with van der Waals surface area (Å²) in [5.74, 6) is -2.64. The molecule has 1 aliphatic rings. The molecule has 1 fully saturated rings. The Balaban J connectivity index is 0.000000219. The van der Waals surface area contributed by atoms with Gasteiger partial charge in [-0.25, -0.2) is 0 Å². The minimum Gasteiger partial charge on any atom is -0.472 e. The number of carbonyl (C=O) groups excluding carboxylic acids is 2. The zero-order valence-electron chi connectivity index (χ0n) is 11.5. The molecule has 21 heavy (non-hydrogen) atoms. The molecule has 114 valence electrons. The average molecular weight is 297 g/mol. The van der Waals surface area contributed by atoms with Crippen LogP contribution in [0.3, 0.4) is 0 Å². The smallest absolute Gasteiger partial charge is 0.472 e. The van der Waals surface area contributed by atoms with Gasteiger partial charge in [0.2, 0.25) is 0 Å². The highest BCUT2D eigenvalue weighted by Crippen LogP contribution is 2.07. The molecule has 1 aromatic rings. The number of aliphatic hydroxyl groups is 2. The first-order valence-electron chi connectivity index (χ1n) is 6.00. The second kappa shape index (κ2) is 7.62. The Bertz CT molecular complexity index is 460. The third kappa shape index (κ3) is 5.06. The van der Waals surface area contributed by atoms with Crippen LogP contribution in [-0.2, 0) is 18.9 Å². The second-order valence-electron chi connectivity index (χ2n) is 4.30. The zero-order valence-corrected chi connectivity index (χ0v) is 11.5. The quantitative estimate of drug-likeness (QED) is 0.538. The van der Waals surface area contributed by atoms with Gasteiger partial charge in [-0.3, -0.25) is 9.59 Å². The van der Waals surface area contributed by atoms with E-state index >= 15 is 0 Å². The monoisotopic (exact) mass is 297 g/mol. The maximum absolute atomic E-state index is 10.6. The predicted molar refractivity (Wildman–Crippen MR) is 72.9 cm³/mol. The van der Waals surface area contributed by atoms with Crippen molar-refractivity contribution in [3.8, 4) is 0 Å². The number of carbonyl (C=O) groups is 2. The fourth-order valence-corrected chi connectivity index (χ4v) is 1.35. The van der Waals surface area contributed by atoms with E-state index in [1.54, 1.807) is 0 Å². The third-order valence-corrected chi connectivity index (χ3v) is 2.49. The van der Waals surface area contributed by atoms with Gasteiger partial charge >= 0.3 is 19.3 Å². The van der Waals surface area contributed by atoms with Crippen LogP contribution in [0, 0.1) is 0 Å². The molecule has 2 atom stereocenters. The first-order chi connectivity index (χ1) is 9.82. The summed E-state index contributed by atoms with van der Waals surface area (Å²) >= 11 is 0. The van der Waals surface area contributed by atoms with E-state index in [0.29, 0.717) is 0 Å². The van der Waals surface area contributed by atoms with Crippen molar-refractivity contribution in [3.05, 3.63) is 30.3 Å². The van der Waals surface area contributed by atoms with Crippen LogP contribution in [0.25, 0.3) is 0 Å². The number of benzene rings is 1. The van der Waals surface area contributed by atoms with Gasteiger partial charge in [0.05, 0.1) is 0 Å². The van der Waals surface area contributed by atoms with Gasteiger partial charge in [0.15, 0.2) is 12.2 Å². The highest BCUT2D eigenvalue weighted by atomic mass is 16.7. The van der Waals surface area contributed by atoms with Crippen molar-refractivity contribution in [3.63, 3.8) is 0 Å². The number of para-hydroxylation sites is 1. The first-order valence-corrected chi connectivity index (χ1v) is 6.00. The lowest BCUT2D eigenvalue weighted by atomic mass is 10.2. The summed E-state index contributed by atoms with van der Waals surface area (Å²) in [7, 11) is 2.00. The van der Waals surface area contributed by atoms with Crippen molar-refractivity contribution in [2.24, 2.45) is 0 Å². The lowest BCUT2D eigenvalue weighted by Crippen LogP contribution is -2.38. The molecule has 0 bridgehead atoms. The van der Waals surface area contributed by atoms with Crippen molar-refractivity contribution in [1.82, 2.24) is 0 Å². The van der Waals surface area contributed by atoms with E-state index in [-0.39, 0.29) is 0 Å². The van der Waals surface area contributed by atoms with E-state index < -0.39 is 31.5 Å². The summed E-state index contributed by atoms with van der Waals surface area (Å²) in [6.45, 7) is 0. The summed E-state index contributed by atoms with van der Waals surface area (Å²) in [5, 5.41) is 26.1. The third-order valence-electron chi connectivity index (χ3n) is 2.49. The van der Waals surface area contributed by atoms with Crippen LogP contribution >= 0.6 is 0 Å². The Morgan fingerprint density at radius 1 is 1.00 bits per heavy atom.